The molecule has 0 bridgehead atoms. The Balaban J connectivity index is 1.34. The SMILES string of the molecule is CC(=O)N[C@H]1[C@@H](O[C@H]2[C@@H](O)[C@@H](CO)O[C@@H](O[C@H]3[C@H](O)[C@@H](CO)O[C@@H](O[C@@H]4[C@H](O)[C@@H](O)[C@H](O[C@H]5[C@H](O)[C@@H](O)[C@H](O)O[C@@H]5CO)O[C@@H]4CO)[C@@H]3NC(C)=O)[C@@H]2O[C@H]2O[C@H](C)[C@H](O)[C@H](O)[C@H]2O)O[C@H](CO)[C@H](O)[C@@H]1O. The van der Waals surface area contributed by atoms with Gasteiger partial charge in [-0.15, -0.1) is 0 Å². The van der Waals surface area contributed by atoms with Crippen molar-refractivity contribution in [3.63, 3.8) is 0 Å². The predicted molar refractivity (Wildman–Crippen MR) is 221 cm³/mol. The number of ether oxygens (including phenoxy) is 11. The maximum Gasteiger partial charge on any atom is 0.217 e. The summed E-state index contributed by atoms with van der Waals surface area (Å²) in [5, 5.41) is 187. The van der Waals surface area contributed by atoms with Gasteiger partial charge in [0.15, 0.2) is 37.7 Å². The largest absolute Gasteiger partial charge is 0.394 e. The molecule has 72 heavy (non-hydrogen) atoms. The van der Waals surface area contributed by atoms with Crippen LogP contribution >= 0.6 is 0 Å². The van der Waals surface area contributed by atoms with Gasteiger partial charge in [-0.3, -0.25) is 9.59 Å². The van der Waals surface area contributed by atoms with Crippen LogP contribution < -0.4 is 10.6 Å². The first-order valence-corrected chi connectivity index (χ1v) is 23.0. The third kappa shape index (κ3) is 12.5. The Hall–Kier alpha value is -2.18. The van der Waals surface area contributed by atoms with Crippen LogP contribution in [-0.4, -0.2) is 316 Å². The lowest BCUT2D eigenvalue weighted by Crippen LogP contribution is -2.71. The summed E-state index contributed by atoms with van der Waals surface area (Å²) in [6.07, 6.45) is -53.0. The number of amides is 2. The van der Waals surface area contributed by atoms with E-state index in [-0.39, 0.29) is 0 Å². The number of carbonyl (C=O) groups excluding carboxylic acids is 2. The molecule has 32 heteroatoms. The summed E-state index contributed by atoms with van der Waals surface area (Å²) in [7, 11) is 0. The summed E-state index contributed by atoms with van der Waals surface area (Å²) < 4.78 is 64.1. The van der Waals surface area contributed by atoms with Gasteiger partial charge in [0.1, 0.15) is 140 Å². The minimum atomic E-state index is -2.16. The molecule has 0 saturated carbocycles. The van der Waals surface area contributed by atoms with Gasteiger partial charge in [-0.2, -0.15) is 0 Å². The molecule has 0 aromatic heterocycles. The smallest absolute Gasteiger partial charge is 0.217 e. The van der Waals surface area contributed by atoms with Crippen molar-refractivity contribution in [3.05, 3.63) is 0 Å². The van der Waals surface area contributed by atoms with Crippen LogP contribution in [0.4, 0.5) is 0 Å². The van der Waals surface area contributed by atoms with Crippen molar-refractivity contribution in [1.29, 1.82) is 0 Å². The van der Waals surface area contributed by atoms with Crippen molar-refractivity contribution in [1.82, 2.24) is 10.6 Å². The number of rotatable bonds is 17. The van der Waals surface area contributed by atoms with Crippen LogP contribution in [0.5, 0.6) is 0 Å². The van der Waals surface area contributed by atoms with Crippen LogP contribution in [-0.2, 0) is 61.7 Å². The molecule has 2 amide bonds. The molecular weight excluding hydrogens is 988 g/mol. The molecule has 6 aliphatic rings. The van der Waals surface area contributed by atoms with Crippen molar-refractivity contribution in [2.45, 2.75) is 205 Å². The maximum atomic E-state index is 12.9. The van der Waals surface area contributed by atoms with Crippen molar-refractivity contribution in [3.8, 4) is 0 Å². The third-order valence-electron chi connectivity index (χ3n) is 13.2. The minimum absolute atomic E-state index is 0.790. The van der Waals surface area contributed by atoms with E-state index in [2.05, 4.69) is 10.6 Å². The molecule has 30 atom stereocenters. The van der Waals surface area contributed by atoms with Gasteiger partial charge in [-0.05, 0) is 6.92 Å². The van der Waals surface area contributed by atoms with E-state index in [1.54, 1.807) is 0 Å². The van der Waals surface area contributed by atoms with E-state index in [0.29, 0.717) is 0 Å². The summed E-state index contributed by atoms with van der Waals surface area (Å²) in [5.41, 5.74) is 0. The van der Waals surface area contributed by atoms with Gasteiger partial charge in [0, 0.05) is 13.8 Å². The molecule has 0 aromatic rings. The number of hydrogen-bond donors (Lipinski definition) is 19. The number of aliphatic hydroxyl groups is 17. The number of hydrogen-bond acceptors (Lipinski definition) is 30. The van der Waals surface area contributed by atoms with Gasteiger partial charge in [0.2, 0.25) is 11.8 Å². The Morgan fingerprint density at radius 1 is 0.361 bits per heavy atom. The first-order valence-electron chi connectivity index (χ1n) is 23.0. The van der Waals surface area contributed by atoms with Crippen LogP contribution in [0, 0.1) is 0 Å². The monoisotopic (exact) mass is 1060 g/mol. The normalized spacial score (nSPS) is 50.3. The van der Waals surface area contributed by atoms with Crippen LogP contribution in [0.3, 0.4) is 0 Å². The second-order valence-electron chi connectivity index (χ2n) is 18.2. The molecule has 6 fully saturated rings. The zero-order valence-electron chi connectivity index (χ0n) is 38.8. The molecule has 6 aliphatic heterocycles. The van der Waals surface area contributed by atoms with Crippen LogP contribution in [0.25, 0.3) is 0 Å². The fourth-order valence-corrected chi connectivity index (χ4v) is 9.24. The molecule has 19 N–H and O–H groups in total. The average molecular weight is 1060 g/mol. The molecule has 0 aromatic carbocycles. The zero-order valence-corrected chi connectivity index (χ0v) is 38.8. The van der Waals surface area contributed by atoms with E-state index in [4.69, 9.17) is 52.1 Å². The van der Waals surface area contributed by atoms with Crippen LogP contribution in [0.2, 0.25) is 0 Å². The highest BCUT2D eigenvalue weighted by Crippen LogP contribution is 2.38. The van der Waals surface area contributed by atoms with Crippen molar-refractivity contribution in [2.24, 2.45) is 0 Å². The summed E-state index contributed by atoms with van der Waals surface area (Å²) in [6.45, 7) is -1.63. The van der Waals surface area contributed by atoms with Gasteiger partial charge >= 0.3 is 0 Å². The average Bonchev–Trinajstić information content (AvgIpc) is 3.34. The van der Waals surface area contributed by atoms with Crippen molar-refractivity contribution >= 4 is 11.8 Å². The Morgan fingerprint density at radius 3 is 1.31 bits per heavy atom. The Labute approximate surface area is 408 Å². The van der Waals surface area contributed by atoms with Gasteiger partial charge in [-0.25, -0.2) is 0 Å². The van der Waals surface area contributed by atoms with Crippen molar-refractivity contribution in [2.75, 3.05) is 33.0 Å². The zero-order chi connectivity index (χ0) is 53.2. The number of nitrogens with one attached hydrogen (secondary N) is 2. The molecule has 0 aliphatic carbocycles. The van der Waals surface area contributed by atoms with Gasteiger partial charge in [-0.1, -0.05) is 0 Å². The molecule has 418 valence electrons. The summed E-state index contributed by atoms with van der Waals surface area (Å²) in [4.78, 5) is 25.2. The molecule has 6 rings (SSSR count). The molecule has 32 nitrogen and oxygen atoms in total. The van der Waals surface area contributed by atoms with E-state index in [9.17, 15) is 96.4 Å². The van der Waals surface area contributed by atoms with E-state index in [0.717, 1.165) is 13.8 Å². The van der Waals surface area contributed by atoms with Crippen molar-refractivity contribution < 1.29 is 149 Å². The lowest BCUT2D eigenvalue weighted by molar-refractivity contribution is -0.400. The molecule has 6 saturated heterocycles. The second-order valence-corrected chi connectivity index (χ2v) is 18.2. The highest BCUT2D eigenvalue weighted by molar-refractivity contribution is 5.73. The highest BCUT2D eigenvalue weighted by Gasteiger charge is 2.59. The molecular formula is C40H68N2O30. The maximum absolute atomic E-state index is 12.9. The third-order valence-corrected chi connectivity index (χ3v) is 13.2. The highest BCUT2D eigenvalue weighted by atomic mass is 16.8. The van der Waals surface area contributed by atoms with Gasteiger partial charge in [0.05, 0.1) is 39.1 Å². The Kier molecular flexibility index (Phi) is 20.8. The predicted octanol–water partition coefficient (Wildman–Crippen LogP) is -12.8. The minimum Gasteiger partial charge on any atom is -0.394 e. The van der Waals surface area contributed by atoms with E-state index in [1.807, 2.05) is 0 Å². The lowest BCUT2D eigenvalue weighted by Gasteiger charge is -2.52. The molecule has 6 heterocycles. The molecule has 0 unspecified atom stereocenters. The fourth-order valence-electron chi connectivity index (χ4n) is 9.24. The topological polar surface area (TPSA) is 504 Å². The van der Waals surface area contributed by atoms with E-state index in [1.165, 1.54) is 6.92 Å². The summed E-state index contributed by atoms with van der Waals surface area (Å²) in [5.74, 6) is -1.67. The summed E-state index contributed by atoms with van der Waals surface area (Å²) >= 11 is 0. The van der Waals surface area contributed by atoms with E-state index >= 15 is 0 Å². The van der Waals surface area contributed by atoms with Crippen LogP contribution in [0.1, 0.15) is 20.8 Å². The Morgan fingerprint density at radius 2 is 0.750 bits per heavy atom. The standard InChI is InChI=1S/C40H68N2O30/c1-9-19(50)24(55)28(59)38(62-9)72-34-33(71-36-17(41-10(2)48)23(54)20(51)12(4-43)64-36)22(53)14(6-45)66-40(34)70-32-18(42-11(3)49)37(65-13(5-44)21(32)52)68-31-16(8-47)67-39(29(60)26(31)57)69-30-15(7-46)63-35(61)27(58)25(30)56/h9,12-40,43-47,50-61H,4-8H2,1-3H3,(H,41,48)(H,42,49)/t9-,12-,13-,14-,15-,16-,17-,18-,19+,20+,21-,22+,23-,24+,25-,26-,27-,28-,29-,30-,31+,32-,33+,34-,35-,36-,37+,38-,39+,40+/m1/s1. The Bertz CT molecular complexity index is 1730. The quantitative estimate of drug-likeness (QED) is 0.0643. The lowest BCUT2D eigenvalue weighted by atomic mass is 9.93. The molecule has 0 spiro atoms. The first-order chi connectivity index (χ1) is 34.0. The van der Waals surface area contributed by atoms with Crippen LogP contribution in [0.15, 0.2) is 0 Å². The number of carbonyl (C=O) groups is 2. The molecule has 0 radical (unpaired) electrons. The fraction of sp³-hybridized carbons (Fsp3) is 0.950. The van der Waals surface area contributed by atoms with E-state index < -0.39 is 229 Å². The van der Waals surface area contributed by atoms with Gasteiger partial charge < -0.3 is 150 Å². The first kappa shape index (κ1) is 59.1. The summed E-state index contributed by atoms with van der Waals surface area (Å²) in [6, 6.07) is -3.49. The number of aliphatic hydroxyl groups excluding tert-OH is 17. The second kappa shape index (κ2) is 25.3. The van der Waals surface area contributed by atoms with Gasteiger partial charge in [0.25, 0.3) is 0 Å².